The Bertz CT molecular complexity index is 715. The molecule has 4 heterocycles. The summed E-state index contributed by atoms with van der Waals surface area (Å²) in [5.74, 6) is 0. The van der Waals surface area contributed by atoms with Gasteiger partial charge in [0.2, 0.25) is 0 Å². The fourth-order valence-electron chi connectivity index (χ4n) is 2.90. The van der Waals surface area contributed by atoms with E-state index in [1.807, 2.05) is 34.0 Å². The molecule has 3 aromatic heterocycles. The third-order valence-electron chi connectivity index (χ3n) is 3.99. The zero-order valence-electron chi connectivity index (χ0n) is 12.3. The van der Waals surface area contributed by atoms with Crippen LogP contribution in [0.5, 0.6) is 0 Å². The molecule has 1 aliphatic rings. The van der Waals surface area contributed by atoms with Crippen LogP contribution in [0.3, 0.4) is 0 Å². The van der Waals surface area contributed by atoms with Crippen LogP contribution >= 0.6 is 0 Å². The minimum atomic E-state index is 0.669. The molecule has 7 nitrogen and oxygen atoms in total. The maximum atomic E-state index is 5.17. The minimum absolute atomic E-state index is 0.669. The van der Waals surface area contributed by atoms with Gasteiger partial charge in [-0.2, -0.15) is 5.10 Å². The standard InChI is InChI=1S/C15H18N6O/c1-4-16-20(6-1)10-14-15-11-19(9-13-3-8-22-12-13)5-2-7-21(15)18-17-14/h1,3-4,6,8,12H,2,5,7,9-11H2. The Morgan fingerprint density at radius 1 is 1.23 bits per heavy atom. The van der Waals surface area contributed by atoms with E-state index in [-0.39, 0.29) is 0 Å². The van der Waals surface area contributed by atoms with E-state index in [9.17, 15) is 0 Å². The van der Waals surface area contributed by atoms with Crippen molar-refractivity contribution in [1.82, 2.24) is 29.7 Å². The van der Waals surface area contributed by atoms with E-state index in [0.29, 0.717) is 6.54 Å². The second-order valence-corrected chi connectivity index (χ2v) is 5.61. The first-order valence-corrected chi connectivity index (χ1v) is 7.50. The van der Waals surface area contributed by atoms with Crippen LogP contribution in [0.2, 0.25) is 0 Å². The normalized spacial score (nSPS) is 15.6. The molecule has 1 aliphatic heterocycles. The summed E-state index contributed by atoms with van der Waals surface area (Å²) in [6, 6.07) is 3.94. The van der Waals surface area contributed by atoms with Gasteiger partial charge in [0, 0.05) is 44.1 Å². The van der Waals surface area contributed by atoms with E-state index in [2.05, 4.69) is 20.3 Å². The number of aromatic nitrogens is 5. The molecule has 0 aromatic carbocycles. The van der Waals surface area contributed by atoms with E-state index in [1.165, 1.54) is 11.3 Å². The highest BCUT2D eigenvalue weighted by molar-refractivity contribution is 5.13. The molecule has 0 N–H and O–H groups in total. The molecular weight excluding hydrogens is 280 g/mol. The van der Waals surface area contributed by atoms with Gasteiger partial charge in [-0.05, 0) is 18.6 Å². The monoisotopic (exact) mass is 298 g/mol. The van der Waals surface area contributed by atoms with Crippen molar-refractivity contribution in [3.63, 3.8) is 0 Å². The van der Waals surface area contributed by atoms with Gasteiger partial charge in [-0.3, -0.25) is 9.58 Å². The van der Waals surface area contributed by atoms with Crippen LogP contribution in [0.1, 0.15) is 23.4 Å². The number of furan rings is 1. The topological polar surface area (TPSA) is 64.9 Å². The number of hydrogen-bond acceptors (Lipinski definition) is 5. The highest BCUT2D eigenvalue weighted by Crippen LogP contribution is 2.17. The molecule has 3 aromatic rings. The summed E-state index contributed by atoms with van der Waals surface area (Å²) in [6.45, 7) is 4.39. The fourth-order valence-corrected chi connectivity index (χ4v) is 2.90. The predicted octanol–water partition coefficient (Wildman–Crippen LogP) is 1.52. The summed E-state index contributed by atoms with van der Waals surface area (Å²) < 4.78 is 9.09. The molecule has 0 aliphatic carbocycles. The maximum absolute atomic E-state index is 5.17. The molecule has 22 heavy (non-hydrogen) atoms. The summed E-state index contributed by atoms with van der Waals surface area (Å²) >= 11 is 0. The van der Waals surface area contributed by atoms with Crippen LogP contribution in [0.25, 0.3) is 0 Å². The molecule has 0 amide bonds. The third kappa shape index (κ3) is 2.67. The molecule has 0 spiro atoms. The summed E-state index contributed by atoms with van der Waals surface area (Å²) in [7, 11) is 0. The van der Waals surface area contributed by atoms with Gasteiger partial charge < -0.3 is 4.42 Å². The van der Waals surface area contributed by atoms with Gasteiger partial charge in [0.05, 0.1) is 24.8 Å². The van der Waals surface area contributed by atoms with Gasteiger partial charge in [0.1, 0.15) is 5.69 Å². The zero-order valence-corrected chi connectivity index (χ0v) is 12.3. The molecule has 0 atom stereocenters. The van der Waals surface area contributed by atoms with Crippen molar-refractivity contribution in [2.45, 2.75) is 32.6 Å². The predicted molar refractivity (Wildman–Crippen MR) is 78.8 cm³/mol. The molecule has 0 radical (unpaired) electrons. The van der Waals surface area contributed by atoms with Gasteiger partial charge in [-0.25, -0.2) is 4.68 Å². The number of fused-ring (bicyclic) bond motifs is 1. The van der Waals surface area contributed by atoms with E-state index >= 15 is 0 Å². The molecule has 4 rings (SSSR count). The lowest BCUT2D eigenvalue weighted by Gasteiger charge is -2.18. The average Bonchev–Trinajstić information content (AvgIpc) is 3.24. The van der Waals surface area contributed by atoms with Crippen LogP contribution < -0.4 is 0 Å². The molecule has 7 heteroatoms. The van der Waals surface area contributed by atoms with E-state index in [1.54, 1.807) is 12.5 Å². The van der Waals surface area contributed by atoms with Crippen molar-refractivity contribution in [2.24, 2.45) is 0 Å². The fraction of sp³-hybridized carbons (Fsp3) is 0.400. The largest absolute Gasteiger partial charge is 0.472 e. The third-order valence-corrected chi connectivity index (χ3v) is 3.99. The Kier molecular flexibility index (Phi) is 3.48. The molecular formula is C15H18N6O. The second-order valence-electron chi connectivity index (χ2n) is 5.61. The lowest BCUT2D eigenvalue weighted by molar-refractivity contribution is 0.259. The van der Waals surface area contributed by atoms with Crippen LogP contribution in [0, 0.1) is 0 Å². The van der Waals surface area contributed by atoms with E-state index < -0.39 is 0 Å². The molecule has 0 bridgehead atoms. The maximum Gasteiger partial charge on any atom is 0.109 e. The molecule has 0 unspecified atom stereocenters. The van der Waals surface area contributed by atoms with Gasteiger partial charge in [0.25, 0.3) is 0 Å². The number of hydrogen-bond donors (Lipinski definition) is 0. The molecule has 114 valence electrons. The van der Waals surface area contributed by atoms with Crippen LogP contribution in [-0.2, 0) is 26.2 Å². The SMILES string of the molecule is c1cnn(Cc2nnn3c2CN(Cc2ccoc2)CCC3)c1. The first kappa shape index (κ1) is 13.3. The van der Waals surface area contributed by atoms with Crippen LogP contribution in [0.15, 0.2) is 41.5 Å². The molecule has 0 saturated heterocycles. The lowest BCUT2D eigenvalue weighted by Crippen LogP contribution is -2.23. The summed E-state index contributed by atoms with van der Waals surface area (Å²) in [4.78, 5) is 2.42. The summed E-state index contributed by atoms with van der Waals surface area (Å²) in [5, 5.41) is 12.9. The second kappa shape index (κ2) is 5.76. The van der Waals surface area contributed by atoms with Crippen molar-refractivity contribution in [2.75, 3.05) is 6.54 Å². The highest BCUT2D eigenvalue weighted by Gasteiger charge is 2.20. The van der Waals surface area contributed by atoms with Crippen molar-refractivity contribution in [3.8, 4) is 0 Å². The van der Waals surface area contributed by atoms with Gasteiger partial charge >= 0.3 is 0 Å². The zero-order chi connectivity index (χ0) is 14.8. The van der Waals surface area contributed by atoms with Crippen LogP contribution in [-0.4, -0.2) is 36.2 Å². The van der Waals surface area contributed by atoms with Crippen molar-refractivity contribution in [1.29, 1.82) is 0 Å². The Morgan fingerprint density at radius 3 is 3.05 bits per heavy atom. The smallest absolute Gasteiger partial charge is 0.109 e. The first-order chi connectivity index (χ1) is 10.9. The Labute approximate surface area is 128 Å². The number of nitrogens with zero attached hydrogens (tertiary/aromatic N) is 6. The quantitative estimate of drug-likeness (QED) is 0.730. The van der Waals surface area contributed by atoms with Gasteiger partial charge in [-0.1, -0.05) is 5.21 Å². The van der Waals surface area contributed by atoms with E-state index in [0.717, 1.165) is 38.3 Å². The van der Waals surface area contributed by atoms with Gasteiger partial charge in [0.15, 0.2) is 0 Å². The Balaban J connectivity index is 1.55. The molecule has 0 fully saturated rings. The lowest BCUT2D eigenvalue weighted by atomic mass is 10.2. The molecule has 0 saturated carbocycles. The minimum Gasteiger partial charge on any atom is -0.472 e. The summed E-state index contributed by atoms with van der Waals surface area (Å²) in [5.41, 5.74) is 3.40. The Hall–Kier alpha value is -2.41. The number of rotatable bonds is 4. The average molecular weight is 298 g/mol. The first-order valence-electron chi connectivity index (χ1n) is 7.50. The van der Waals surface area contributed by atoms with Crippen LogP contribution in [0.4, 0.5) is 0 Å². The van der Waals surface area contributed by atoms with Gasteiger partial charge in [-0.15, -0.1) is 5.10 Å². The Morgan fingerprint density at radius 2 is 2.23 bits per heavy atom. The van der Waals surface area contributed by atoms with Crippen molar-refractivity contribution < 1.29 is 4.42 Å². The highest BCUT2D eigenvalue weighted by atomic mass is 16.3. The van der Waals surface area contributed by atoms with Crippen molar-refractivity contribution >= 4 is 0 Å². The number of aryl methyl sites for hydroxylation is 1. The van der Waals surface area contributed by atoms with Crippen molar-refractivity contribution in [3.05, 3.63) is 54.0 Å². The summed E-state index contributed by atoms with van der Waals surface area (Å²) in [6.07, 6.45) is 8.35. The van der Waals surface area contributed by atoms with E-state index in [4.69, 9.17) is 4.42 Å².